The Labute approximate surface area is 122 Å². The van der Waals surface area contributed by atoms with Gasteiger partial charge in [-0.3, -0.25) is 19.2 Å². The molecule has 0 spiro atoms. The number of hydrogen-bond acceptors (Lipinski definition) is 7. The van der Waals surface area contributed by atoms with Crippen LogP contribution < -0.4 is 5.32 Å². The maximum atomic E-state index is 11.5. The topological polar surface area (TPSA) is 108 Å². The Morgan fingerprint density at radius 3 is 1.48 bits per heavy atom. The van der Waals surface area contributed by atoms with Gasteiger partial charge in [-0.25, -0.2) is 0 Å². The predicted octanol–water partition coefficient (Wildman–Crippen LogP) is -0.283. The summed E-state index contributed by atoms with van der Waals surface area (Å²) in [6.45, 7) is 5.84. The second-order valence-corrected chi connectivity index (χ2v) is 4.31. The third-order valence-corrected chi connectivity index (χ3v) is 2.23. The molecule has 118 valence electrons. The zero-order valence-electron chi connectivity index (χ0n) is 12.3. The molecule has 1 N–H and O–H groups in total. The molecule has 0 atom stereocenters. The van der Waals surface area contributed by atoms with Gasteiger partial charge in [0, 0.05) is 20.8 Å². The molecular formula is C13H19NO7. The van der Waals surface area contributed by atoms with E-state index in [-0.39, 0.29) is 19.8 Å². The van der Waals surface area contributed by atoms with Gasteiger partial charge in [-0.05, 0) is 6.08 Å². The van der Waals surface area contributed by atoms with Crippen molar-refractivity contribution in [2.45, 2.75) is 26.3 Å². The molecular weight excluding hydrogens is 282 g/mol. The van der Waals surface area contributed by atoms with Crippen molar-refractivity contribution in [3.8, 4) is 0 Å². The van der Waals surface area contributed by atoms with Gasteiger partial charge >= 0.3 is 17.9 Å². The summed E-state index contributed by atoms with van der Waals surface area (Å²) in [5.74, 6) is -2.39. The van der Waals surface area contributed by atoms with Crippen LogP contribution in [0.2, 0.25) is 0 Å². The van der Waals surface area contributed by atoms with E-state index in [0.717, 1.165) is 6.08 Å². The summed E-state index contributed by atoms with van der Waals surface area (Å²) in [4.78, 5) is 44.4. The number of rotatable bonds is 8. The van der Waals surface area contributed by atoms with E-state index in [1.165, 1.54) is 20.8 Å². The number of amides is 1. The lowest BCUT2D eigenvalue weighted by molar-refractivity contribution is -0.156. The van der Waals surface area contributed by atoms with E-state index in [0.29, 0.717) is 0 Å². The summed E-state index contributed by atoms with van der Waals surface area (Å²) in [6.07, 6.45) is 0.990. The van der Waals surface area contributed by atoms with Crippen LogP contribution in [0.5, 0.6) is 0 Å². The minimum atomic E-state index is -1.38. The molecule has 0 saturated heterocycles. The van der Waals surface area contributed by atoms with Crippen molar-refractivity contribution >= 4 is 23.8 Å². The minimum absolute atomic E-state index is 0.331. The van der Waals surface area contributed by atoms with Crippen LogP contribution in [0.4, 0.5) is 0 Å². The van der Waals surface area contributed by atoms with Gasteiger partial charge in [0.05, 0.1) is 0 Å². The van der Waals surface area contributed by atoms with Crippen LogP contribution >= 0.6 is 0 Å². The highest BCUT2D eigenvalue weighted by Gasteiger charge is 2.36. The summed E-state index contributed by atoms with van der Waals surface area (Å²) in [5.41, 5.74) is -1.38. The van der Waals surface area contributed by atoms with Gasteiger partial charge in [-0.2, -0.15) is 0 Å². The molecule has 0 aromatic carbocycles. The van der Waals surface area contributed by atoms with Crippen LogP contribution in [-0.4, -0.2) is 49.2 Å². The van der Waals surface area contributed by atoms with Crippen molar-refractivity contribution in [1.82, 2.24) is 5.32 Å². The van der Waals surface area contributed by atoms with E-state index in [1.54, 1.807) is 0 Å². The molecule has 0 saturated carbocycles. The van der Waals surface area contributed by atoms with E-state index in [1.807, 2.05) is 0 Å². The Balaban J connectivity index is 5.16. The monoisotopic (exact) mass is 301 g/mol. The fourth-order valence-electron chi connectivity index (χ4n) is 1.26. The first-order chi connectivity index (χ1) is 9.70. The van der Waals surface area contributed by atoms with Crippen molar-refractivity contribution in [3.05, 3.63) is 12.7 Å². The lowest BCUT2D eigenvalue weighted by Gasteiger charge is -2.32. The summed E-state index contributed by atoms with van der Waals surface area (Å²) in [7, 11) is 0. The van der Waals surface area contributed by atoms with Crippen LogP contribution in [0.15, 0.2) is 12.7 Å². The van der Waals surface area contributed by atoms with E-state index in [9.17, 15) is 19.2 Å². The molecule has 0 aliphatic rings. The summed E-state index contributed by atoms with van der Waals surface area (Å²) < 4.78 is 14.5. The molecule has 0 rings (SSSR count). The third-order valence-electron chi connectivity index (χ3n) is 2.23. The Kier molecular flexibility index (Phi) is 7.74. The van der Waals surface area contributed by atoms with Crippen LogP contribution in [0.1, 0.15) is 20.8 Å². The fourth-order valence-corrected chi connectivity index (χ4v) is 1.26. The zero-order valence-corrected chi connectivity index (χ0v) is 12.3. The molecule has 0 unspecified atom stereocenters. The second kappa shape index (κ2) is 8.72. The fraction of sp³-hybridized carbons (Fsp3) is 0.538. The number of esters is 3. The molecule has 8 heteroatoms. The van der Waals surface area contributed by atoms with Crippen LogP contribution in [0, 0.1) is 0 Å². The molecule has 0 aliphatic heterocycles. The molecule has 0 bridgehead atoms. The smallest absolute Gasteiger partial charge is 0.302 e. The largest absolute Gasteiger partial charge is 0.463 e. The van der Waals surface area contributed by atoms with Gasteiger partial charge in [0.1, 0.15) is 25.4 Å². The quantitative estimate of drug-likeness (QED) is 0.373. The Bertz CT molecular complexity index is 385. The Hall–Kier alpha value is -2.38. The molecule has 0 aliphatic carbocycles. The number of ether oxygens (including phenoxy) is 3. The maximum Gasteiger partial charge on any atom is 0.302 e. The first-order valence-corrected chi connectivity index (χ1v) is 6.05. The molecule has 8 nitrogen and oxygen atoms in total. The number of carbonyl (C=O) groups is 4. The molecule has 1 amide bonds. The Morgan fingerprint density at radius 1 is 0.905 bits per heavy atom. The van der Waals surface area contributed by atoms with E-state index in [2.05, 4.69) is 11.9 Å². The third kappa shape index (κ3) is 8.40. The van der Waals surface area contributed by atoms with Crippen molar-refractivity contribution in [2.75, 3.05) is 19.8 Å². The normalized spacial score (nSPS) is 10.2. The molecule has 0 aromatic rings. The highest BCUT2D eigenvalue weighted by atomic mass is 16.6. The van der Waals surface area contributed by atoms with E-state index >= 15 is 0 Å². The molecule has 0 aromatic heterocycles. The molecule has 0 heterocycles. The standard InChI is InChI=1S/C13H19NO7/c1-5-12(18)14-13(6-19-9(2)15,7-20-10(3)16)8-21-11(4)17/h5H,1,6-8H2,2-4H3,(H,14,18). The summed E-state index contributed by atoms with van der Waals surface area (Å²) in [6, 6.07) is 0. The van der Waals surface area contributed by atoms with Gasteiger partial charge in [0.15, 0.2) is 0 Å². The van der Waals surface area contributed by atoms with Gasteiger partial charge in [-0.15, -0.1) is 0 Å². The SMILES string of the molecule is C=CC(=O)NC(COC(C)=O)(COC(C)=O)COC(C)=O. The van der Waals surface area contributed by atoms with E-state index < -0.39 is 29.4 Å². The number of nitrogens with one attached hydrogen (secondary N) is 1. The van der Waals surface area contributed by atoms with Gasteiger partial charge < -0.3 is 19.5 Å². The average Bonchev–Trinajstić information content (AvgIpc) is 2.40. The van der Waals surface area contributed by atoms with Crippen LogP contribution in [0.3, 0.4) is 0 Å². The highest BCUT2D eigenvalue weighted by Crippen LogP contribution is 2.10. The second-order valence-electron chi connectivity index (χ2n) is 4.31. The van der Waals surface area contributed by atoms with Crippen molar-refractivity contribution in [2.24, 2.45) is 0 Å². The average molecular weight is 301 g/mol. The number of carbonyl (C=O) groups excluding carboxylic acids is 4. The lowest BCUT2D eigenvalue weighted by Crippen LogP contribution is -2.58. The first kappa shape index (κ1) is 18.6. The van der Waals surface area contributed by atoms with Gasteiger partial charge in [0.2, 0.25) is 5.91 Å². The predicted molar refractivity (Wildman–Crippen MR) is 71.0 cm³/mol. The van der Waals surface area contributed by atoms with Crippen molar-refractivity contribution in [3.63, 3.8) is 0 Å². The van der Waals surface area contributed by atoms with E-state index in [4.69, 9.17) is 14.2 Å². The summed E-state index contributed by atoms with van der Waals surface area (Å²) >= 11 is 0. The number of hydrogen-bond donors (Lipinski definition) is 1. The van der Waals surface area contributed by atoms with Crippen LogP contribution in [-0.2, 0) is 33.4 Å². The lowest BCUT2D eigenvalue weighted by atomic mass is 10.0. The van der Waals surface area contributed by atoms with Crippen molar-refractivity contribution in [1.29, 1.82) is 0 Å². The summed E-state index contributed by atoms with van der Waals surface area (Å²) in [5, 5.41) is 2.46. The Morgan fingerprint density at radius 2 is 1.24 bits per heavy atom. The van der Waals surface area contributed by atoms with Crippen LogP contribution in [0.25, 0.3) is 0 Å². The van der Waals surface area contributed by atoms with Crippen molar-refractivity contribution < 1.29 is 33.4 Å². The first-order valence-electron chi connectivity index (χ1n) is 6.05. The molecule has 0 fully saturated rings. The molecule has 21 heavy (non-hydrogen) atoms. The maximum absolute atomic E-state index is 11.5. The van der Waals surface area contributed by atoms with Gasteiger partial charge in [0.25, 0.3) is 0 Å². The van der Waals surface area contributed by atoms with Gasteiger partial charge in [-0.1, -0.05) is 6.58 Å². The zero-order chi connectivity index (χ0) is 16.5. The molecule has 0 radical (unpaired) electrons. The minimum Gasteiger partial charge on any atom is -0.463 e. The highest BCUT2D eigenvalue weighted by molar-refractivity contribution is 5.87.